The number of anilines is 1. The number of carbonyl (C=O) groups is 1. The first kappa shape index (κ1) is 15.7. The maximum Gasteiger partial charge on any atom is 0.339 e. The summed E-state index contributed by atoms with van der Waals surface area (Å²) < 4.78 is 5.77. The Labute approximate surface area is 147 Å². The van der Waals surface area contributed by atoms with Gasteiger partial charge >= 0.3 is 5.97 Å². The Balaban J connectivity index is 1.68. The number of nitrogen functional groups attached to an aromatic ring is 1. The van der Waals surface area contributed by atoms with Crippen LogP contribution >= 0.6 is 0 Å². The smallest absolute Gasteiger partial charge is 0.339 e. The molecule has 1 unspecified atom stereocenters. The van der Waals surface area contributed by atoms with Crippen molar-refractivity contribution in [1.82, 2.24) is 0 Å². The lowest BCUT2D eigenvalue weighted by Crippen LogP contribution is -2.12. The van der Waals surface area contributed by atoms with Gasteiger partial charge in [-0.25, -0.2) is 4.79 Å². The lowest BCUT2D eigenvalue weighted by Gasteiger charge is -2.18. The zero-order chi connectivity index (χ0) is 17.6. The highest BCUT2D eigenvalue weighted by atomic mass is 16.5. The van der Waals surface area contributed by atoms with Crippen LogP contribution in [-0.2, 0) is 17.6 Å². The van der Waals surface area contributed by atoms with Gasteiger partial charge in [0.25, 0.3) is 0 Å². The van der Waals surface area contributed by atoms with E-state index in [1.54, 1.807) is 18.2 Å². The van der Waals surface area contributed by atoms with Crippen LogP contribution in [0.2, 0.25) is 0 Å². The van der Waals surface area contributed by atoms with E-state index in [1.165, 1.54) is 21.9 Å². The van der Waals surface area contributed by atoms with Crippen LogP contribution in [0.3, 0.4) is 0 Å². The number of hydrogen-bond acceptors (Lipinski definition) is 3. The van der Waals surface area contributed by atoms with E-state index in [0.29, 0.717) is 11.3 Å². The van der Waals surface area contributed by atoms with Crippen LogP contribution in [0, 0.1) is 6.92 Å². The molecule has 3 aromatic carbocycles. The largest absolute Gasteiger partial charge is 0.454 e. The molecule has 0 heterocycles. The van der Waals surface area contributed by atoms with Crippen molar-refractivity contribution in [3.63, 3.8) is 0 Å². The monoisotopic (exact) mass is 331 g/mol. The van der Waals surface area contributed by atoms with Gasteiger partial charge < -0.3 is 10.5 Å². The van der Waals surface area contributed by atoms with E-state index in [-0.39, 0.29) is 12.1 Å². The molecule has 25 heavy (non-hydrogen) atoms. The summed E-state index contributed by atoms with van der Waals surface area (Å²) >= 11 is 0. The van der Waals surface area contributed by atoms with Crippen LogP contribution in [0.1, 0.15) is 45.6 Å². The third-order valence-corrected chi connectivity index (χ3v) is 5.23. The maximum absolute atomic E-state index is 12.6. The summed E-state index contributed by atoms with van der Waals surface area (Å²) in [7, 11) is 0. The number of ether oxygens (including phenoxy) is 1. The van der Waals surface area contributed by atoms with Crippen LogP contribution in [0.4, 0.5) is 5.69 Å². The van der Waals surface area contributed by atoms with Crippen molar-refractivity contribution in [1.29, 1.82) is 0 Å². The highest BCUT2D eigenvalue weighted by molar-refractivity contribution is 5.95. The first-order valence-corrected chi connectivity index (χ1v) is 8.65. The number of carbonyl (C=O) groups excluding carboxylic acids is 1. The van der Waals surface area contributed by atoms with Crippen molar-refractivity contribution in [3.8, 4) is 0 Å². The molecule has 1 atom stereocenters. The quantitative estimate of drug-likeness (QED) is 0.557. The summed E-state index contributed by atoms with van der Waals surface area (Å²) in [6.07, 6.45) is 1.86. The molecule has 2 N–H and O–H groups in total. The molecule has 1 aliphatic carbocycles. The molecule has 0 spiro atoms. The molecular formula is C22H21NO2. The molecule has 0 amide bonds. The van der Waals surface area contributed by atoms with Gasteiger partial charge in [0.15, 0.2) is 0 Å². The molecular weight excluding hydrogens is 310 g/mol. The average Bonchev–Trinajstić information content (AvgIpc) is 3.02. The summed E-state index contributed by atoms with van der Waals surface area (Å²) in [6.45, 7) is 3.77. The first-order valence-electron chi connectivity index (χ1n) is 8.65. The topological polar surface area (TPSA) is 52.3 Å². The number of rotatable bonds is 3. The van der Waals surface area contributed by atoms with Gasteiger partial charge in [0.2, 0.25) is 0 Å². The minimum Gasteiger partial charge on any atom is -0.454 e. The predicted octanol–water partition coefficient (Wildman–Crippen LogP) is 4.75. The van der Waals surface area contributed by atoms with Gasteiger partial charge in [-0.3, -0.25) is 0 Å². The van der Waals surface area contributed by atoms with E-state index < -0.39 is 0 Å². The molecule has 3 nitrogen and oxygen atoms in total. The van der Waals surface area contributed by atoms with Gasteiger partial charge in [0.05, 0.1) is 5.56 Å². The van der Waals surface area contributed by atoms with Gasteiger partial charge in [-0.05, 0) is 66.3 Å². The molecule has 3 aromatic rings. The fourth-order valence-corrected chi connectivity index (χ4v) is 3.79. The van der Waals surface area contributed by atoms with Gasteiger partial charge in [-0.15, -0.1) is 0 Å². The van der Waals surface area contributed by atoms with Crippen molar-refractivity contribution >= 4 is 22.4 Å². The SMILES string of the molecule is Cc1c(N)cccc1C(=O)OC(C)c1ccc2c3c(cccc13)CC2. The van der Waals surface area contributed by atoms with Gasteiger partial charge in [-0.2, -0.15) is 0 Å². The molecule has 3 heteroatoms. The molecule has 0 radical (unpaired) electrons. The molecule has 0 saturated carbocycles. The third-order valence-electron chi connectivity index (χ3n) is 5.23. The Kier molecular flexibility index (Phi) is 3.72. The molecule has 0 aromatic heterocycles. The van der Waals surface area contributed by atoms with E-state index in [2.05, 4.69) is 30.3 Å². The average molecular weight is 331 g/mol. The normalized spacial score (nSPS) is 13.8. The minimum absolute atomic E-state index is 0.321. The van der Waals surface area contributed by atoms with E-state index in [9.17, 15) is 4.79 Å². The third kappa shape index (κ3) is 2.56. The Hall–Kier alpha value is -2.81. The molecule has 1 aliphatic rings. The van der Waals surface area contributed by atoms with Crippen molar-refractivity contribution < 1.29 is 9.53 Å². The Bertz CT molecular complexity index is 980. The second-order valence-electron chi connectivity index (χ2n) is 6.72. The summed E-state index contributed by atoms with van der Waals surface area (Å²) in [5.41, 5.74) is 11.6. The number of esters is 1. The maximum atomic E-state index is 12.6. The Morgan fingerprint density at radius 2 is 1.76 bits per heavy atom. The summed E-state index contributed by atoms with van der Waals surface area (Å²) in [6, 6.07) is 16.0. The van der Waals surface area contributed by atoms with Crippen molar-refractivity contribution in [2.75, 3.05) is 5.73 Å². The molecule has 0 fully saturated rings. The van der Waals surface area contributed by atoms with Crippen molar-refractivity contribution in [3.05, 3.63) is 76.3 Å². The number of aryl methyl sites for hydroxylation is 2. The second kappa shape index (κ2) is 5.92. The first-order chi connectivity index (χ1) is 12.1. The predicted molar refractivity (Wildman–Crippen MR) is 101 cm³/mol. The zero-order valence-corrected chi connectivity index (χ0v) is 14.5. The van der Waals surface area contributed by atoms with Crippen LogP contribution < -0.4 is 5.73 Å². The number of nitrogens with two attached hydrogens (primary N) is 1. The van der Waals surface area contributed by atoms with E-state index >= 15 is 0 Å². The molecule has 126 valence electrons. The summed E-state index contributed by atoms with van der Waals surface area (Å²) in [4.78, 5) is 12.6. The fraction of sp³-hybridized carbons (Fsp3) is 0.227. The summed E-state index contributed by atoms with van der Waals surface area (Å²) in [5.74, 6) is -0.333. The standard InChI is InChI=1S/C22H21NO2/c1-13-17(6-4-8-20(13)23)22(24)25-14(2)18-12-11-16-10-9-15-5-3-7-19(18)21(15)16/h3-8,11-12,14H,9-10,23H2,1-2H3. The van der Waals surface area contributed by atoms with E-state index in [4.69, 9.17) is 10.5 Å². The Morgan fingerprint density at radius 1 is 1.04 bits per heavy atom. The molecule has 0 bridgehead atoms. The summed E-state index contributed by atoms with van der Waals surface area (Å²) in [5, 5.41) is 2.53. The van der Waals surface area contributed by atoms with Gasteiger partial charge in [0.1, 0.15) is 6.10 Å². The van der Waals surface area contributed by atoms with E-state index in [0.717, 1.165) is 24.0 Å². The lowest BCUT2D eigenvalue weighted by atomic mass is 9.97. The Morgan fingerprint density at radius 3 is 2.56 bits per heavy atom. The van der Waals surface area contributed by atoms with Crippen LogP contribution in [0.5, 0.6) is 0 Å². The molecule has 0 aliphatic heterocycles. The highest BCUT2D eigenvalue weighted by Gasteiger charge is 2.21. The molecule has 4 rings (SSSR count). The van der Waals surface area contributed by atoms with Gasteiger partial charge in [-0.1, -0.05) is 36.4 Å². The number of hydrogen-bond donors (Lipinski definition) is 1. The number of benzene rings is 3. The highest BCUT2D eigenvalue weighted by Crippen LogP contribution is 2.36. The van der Waals surface area contributed by atoms with Crippen LogP contribution in [0.15, 0.2) is 48.5 Å². The lowest BCUT2D eigenvalue weighted by molar-refractivity contribution is 0.0340. The molecule has 0 saturated heterocycles. The van der Waals surface area contributed by atoms with Gasteiger partial charge in [0, 0.05) is 11.3 Å². The minimum atomic E-state index is -0.333. The van der Waals surface area contributed by atoms with Crippen molar-refractivity contribution in [2.24, 2.45) is 0 Å². The second-order valence-corrected chi connectivity index (χ2v) is 6.72. The zero-order valence-electron chi connectivity index (χ0n) is 14.5. The van der Waals surface area contributed by atoms with Crippen LogP contribution in [0.25, 0.3) is 10.8 Å². The van der Waals surface area contributed by atoms with Crippen LogP contribution in [-0.4, -0.2) is 5.97 Å². The van der Waals surface area contributed by atoms with E-state index in [1.807, 2.05) is 13.8 Å². The van der Waals surface area contributed by atoms with Crippen molar-refractivity contribution in [2.45, 2.75) is 32.8 Å². The fourth-order valence-electron chi connectivity index (χ4n) is 3.79.